The van der Waals surface area contributed by atoms with Crippen LogP contribution in [0.5, 0.6) is 0 Å². The van der Waals surface area contributed by atoms with Crippen molar-refractivity contribution in [1.82, 2.24) is 4.98 Å². The summed E-state index contributed by atoms with van der Waals surface area (Å²) >= 11 is 0. The molecule has 1 aromatic carbocycles. The molecule has 0 bridgehead atoms. The van der Waals surface area contributed by atoms with Crippen LogP contribution in [0.15, 0.2) is 33.5 Å². The van der Waals surface area contributed by atoms with E-state index >= 15 is 0 Å². The van der Waals surface area contributed by atoms with Crippen molar-refractivity contribution < 1.29 is 4.42 Å². The minimum absolute atomic E-state index is 0.227. The van der Waals surface area contributed by atoms with E-state index in [0.29, 0.717) is 16.9 Å². The van der Waals surface area contributed by atoms with Crippen molar-refractivity contribution >= 4 is 11.0 Å². The van der Waals surface area contributed by atoms with Gasteiger partial charge in [0.05, 0.1) is 5.39 Å². The first-order valence-corrected chi connectivity index (χ1v) is 3.64. The minimum Gasteiger partial charge on any atom is -0.442 e. The monoisotopic (exact) mass is 161 g/mol. The molecule has 0 atom stereocenters. The predicted octanol–water partition coefficient (Wildman–Crippen LogP) is 1.50. The molecule has 0 aliphatic heterocycles. The Morgan fingerprint density at radius 3 is 2.92 bits per heavy atom. The van der Waals surface area contributed by atoms with Crippen LogP contribution in [-0.2, 0) is 0 Å². The Hall–Kier alpha value is -1.64. The molecule has 0 amide bonds. The second-order valence-electron chi connectivity index (χ2n) is 2.53. The van der Waals surface area contributed by atoms with Gasteiger partial charge < -0.3 is 4.42 Å². The lowest BCUT2D eigenvalue weighted by molar-refractivity contribution is 0.534. The topological polar surface area (TPSA) is 43.1 Å². The van der Waals surface area contributed by atoms with Crippen LogP contribution in [0.2, 0.25) is 0 Å². The van der Waals surface area contributed by atoms with Gasteiger partial charge in [-0.05, 0) is 12.1 Å². The normalized spacial score (nSPS) is 10.4. The molecule has 0 spiro atoms. The maximum atomic E-state index is 11.2. The Kier molecular flexibility index (Phi) is 1.43. The molecule has 2 rings (SSSR count). The number of aryl methyl sites for hydroxylation is 1. The van der Waals surface area contributed by atoms with E-state index in [1.54, 1.807) is 25.1 Å². The summed E-state index contributed by atoms with van der Waals surface area (Å²) in [5, 5.41) is 0.531. The highest BCUT2D eigenvalue weighted by Crippen LogP contribution is 2.08. The third kappa shape index (κ3) is 0.993. The zero-order valence-corrected chi connectivity index (χ0v) is 6.57. The highest BCUT2D eigenvalue weighted by molar-refractivity contribution is 5.74. The van der Waals surface area contributed by atoms with Gasteiger partial charge in [-0.1, -0.05) is 12.1 Å². The first-order chi connectivity index (χ1) is 5.77. The average Bonchev–Trinajstić information content (AvgIpc) is 2.04. The van der Waals surface area contributed by atoms with Crippen molar-refractivity contribution in [2.45, 2.75) is 6.92 Å². The van der Waals surface area contributed by atoms with Crippen molar-refractivity contribution in [2.24, 2.45) is 0 Å². The molecular formula is C9H7NO2. The summed E-state index contributed by atoms with van der Waals surface area (Å²) in [7, 11) is 0. The standard InChI is InChI=1S/C9H7NO2/c1-6-10-9(11)7-4-2-3-5-8(7)12-6/h2-5H,1H3. The first-order valence-electron chi connectivity index (χ1n) is 3.64. The van der Waals surface area contributed by atoms with Crippen molar-refractivity contribution in [2.75, 3.05) is 0 Å². The van der Waals surface area contributed by atoms with E-state index in [2.05, 4.69) is 4.98 Å². The Bertz CT molecular complexity index is 473. The van der Waals surface area contributed by atoms with E-state index in [0.717, 1.165) is 0 Å². The van der Waals surface area contributed by atoms with Gasteiger partial charge in [0.25, 0.3) is 5.56 Å². The maximum absolute atomic E-state index is 11.2. The Labute approximate surface area is 68.7 Å². The third-order valence-corrected chi connectivity index (χ3v) is 1.63. The second kappa shape index (κ2) is 2.44. The molecule has 0 N–H and O–H groups in total. The van der Waals surface area contributed by atoms with E-state index < -0.39 is 0 Å². The summed E-state index contributed by atoms with van der Waals surface area (Å²) < 4.78 is 5.23. The number of fused-ring (bicyclic) bond motifs is 1. The van der Waals surface area contributed by atoms with Gasteiger partial charge in [-0.2, -0.15) is 4.98 Å². The molecule has 1 aromatic heterocycles. The third-order valence-electron chi connectivity index (χ3n) is 1.63. The Morgan fingerprint density at radius 2 is 2.08 bits per heavy atom. The summed E-state index contributed by atoms with van der Waals surface area (Å²) in [5.41, 5.74) is 0.365. The van der Waals surface area contributed by atoms with Crippen molar-refractivity contribution in [1.29, 1.82) is 0 Å². The van der Waals surface area contributed by atoms with E-state index in [9.17, 15) is 4.79 Å². The van der Waals surface area contributed by atoms with E-state index in [4.69, 9.17) is 4.42 Å². The summed E-state index contributed by atoms with van der Waals surface area (Å²) in [5.74, 6) is 0.402. The molecule has 0 saturated heterocycles. The number of hydrogen-bond acceptors (Lipinski definition) is 3. The van der Waals surface area contributed by atoms with E-state index in [1.165, 1.54) is 0 Å². The summed E-state index contributed by atoms with van der Waals surface area (Å²) in [6, 6.07) is 7.07. The molecule has 0 radical (unpaired) electrons. The average molecular weight is 161 g/mol. The molecule has 0 fully saturated rings. The van der Waals surface area contributed by atoms with Gasteiger partial charge in [-0.25, -0.2) is 0 Å². The van der Waals surface area contributed by atoms with Gasteiger partial charge in [0, 0.05) is 6.92 Å². The number of nitrogens with zero attached hydrogens (tertiary/aromatic N) is 1. The van der Waals surface area contributed by atoms with E-state index in [-0.39, 0.29) is 5.56 Å². The molecule has 3 heteroatoms. The van der Waals surface area contributed by atoms with Crippen LogP contribution >= 0.6 is 0 Å². The zero-order valence-electron chi connectivity index (χ0n) is 6.57. The van der Waals surface area contributed by atoms with Gasteiger partial charge in [0.2, 0.25) is 0 Å². The molecule has 2 aromatic rings. The van der Waals surface area contributed by atoms with Gasteiger partial charge in [-0.3, -0.25) is 4.79 Å². The number of aromatic nitrogens is 1. The number of hydrogen-bond donors (Lipinski definition) is 0. The smallest absolute Gasteiger partial charge is 0.283 e. The molecule has 60 valence electrons. The highest BCUT2D eigenvalue weighted by atomic mass is 16.3. The molecule has 0 saturated carbocycles. The molecule has 1 heterocycles. The van der Waals surface area contributed by atoms with Gasteiger partial charge in [0.15, 0.2) is 5.89 Å². The largest absolute Gasteiger partial charge is 0.442 e. The second-order valence-corrected chi connectivity index (χ2v) is 2.53. The quantitative estimate of drug-likeness (QED) is 0.588. The van der Waals surface area contributed by atoms with Gasteiger partial charge in [-0.15, -0.1) is 0 Å². The first kappa shape index (κ1) is 7.03. The molecular weight excluding hydrogens is 154 g/mol. The fraction of sp³-hybridized carbons (Fsp3) is 0.111. The maximum Gasteiger partial charge on any atom is 0.283 e. The number of benzene rings is 1. The van der Waals surface area contributed by atoms with Gasteiger partial charge >= 0.3 is 0 Å². The van der Waals surface area contributed by atoms with Crippen LogP contribution in [0.3, 0.4) is 0 Å². The van der Waals surface area contributed by atoms with Gasteiger partial charge in [0.1, 0.15) is 5.58 Å². The lowest BCUT2D eigenvalue weighted by atomic mass is 10.2. The summed E-state index contributed by atoms with van der Waals surface area (Å²) in [6.07, 6.45) is 0. The molecule has 3 nitrogen and oxygen atoms in total. The Morgan fingerprint density at radius 1 is 1.33 bits per heavy atom. The van der Waals surface area contributed by atoms with Crippen LogP contribution in [0.25, 0.3) is 11.0 Å². The Balaban J connectivity index is 2.99. The molecule has 0 unspecified atom stereocenters. The zero-order chi connectivity index (χ0) is 8.55. The minimum atomic E-state index is -0.227. The fourth-order valence-corrected chi connectivity index (χ4v) is 1.12. The van der Waals surface area contributed by atoms with Crippen LogP contribution < -0.4 is 5.56 Å². The summed E-state index contributed by atoms with van der Waals surface area (Å²) in [4.78, 5) is 14.9. The van der Waals surface area contributed by atoms with Crippen LogP contribution in [0.1, 0.15) is 5.89 Å². The highest BCUT2D eigenvalue weighted by Gasteiger charge is 2.00. The SMILES string of the molecule is Cc1nc(=O)c2ccccc2o1. The fourth-order valence-electron chi connectivity index (χ4n) is 1.12. The predicted molar refractivity (Wildman–Crippen MR) is 45.0 cm³/mol. The van der Waals surface area contributed by atoms with Crippen LogP contribution in [0, 0.1) is 6.92 Å². The van der Waals surface area contributed by atoms with Crippen LogP contribution in [-0.4, -0.2) is 4.98 Å². The van der Waals surface area contributed by atoms with Crippen molar-refractivity contribution in [3.05, 3.63) is 40.5 Å². The lowest BCUT2D eigenvalue weighted by Crippen LogP contribution is -2.06. The number of para-hydroxylation sites is 1. The molecule has 0 aliphatic carbocycles. The van der Waals surface area contributed by atoms with Crippen LogP contribution in [0.4, 0.5) is 0 Å². The lowest BCUT2D eigenvalue weighted by Gasteiger charge is -1.94. The van der Waals surface area contributed by atoms with Crippen molar-refractivity contribution in [3.63, 3.8) is 0 Å². The van der Waals surface area contributed by atoms with Crippen molar-refractivity contribution in [3.8, 4) is 0 Å². The molecule has 12 heavy (non-hydrogen) atoms. The summed E-state index contributed by atoms with van der Waals surface area (Å²) in [6.45, 7) is 1.66. The number of rotatable bonds is 0. The molecule has 0 aliphatic rings. The van der Waals surface area contributed by atoms with E-state index in [1.807, 2.05) is 6.07 Å².